The summed E-state index contributed by atoms with van der Waals surface area (Å²) in [7, 11) is 0. The fourth-order valence-corrected chi connectivity index (χ4v) is 1.95. The number of hydrogen-bond acceptors (Lipinski definition) is 2. The van der Waals surface area contributed by atoms with Gasteiger partial charge in [-0.05, 0) is 54.8 Å². The van der Waals surface area contributed by atoms with Crippen molar-refractivity contribution < 1.29 is 0 Å². The van der Waals surface area contributed by atoms with Crippen LogP contribution in [-0.2, 0) is 0 Å². The Labute approximate surface area is 100 Å². The van der Waals surface area contributed by atoms with Crippen LogP contribution in [0.2, 0.25) is 5.02 Å². The number of halogens is 1. The highest BCUT2D eigenvalue weighted by atomic mass is 35.5. The van der Waals surface area contributed by atoms with Crippen molar-refractivity contribution in [3.63, 3.8) is 0 Å². The molecule has 2 N–H and O–H groups in total. The maximum absolute atomic E-state index is 6.23. The average molecular weight is 233 g/mol. The molecular weight excluding hydrogens is 220 g/mol. The molecule has 0 unspecified atom stereocenters. The van der Waals surface area contributed by atoms with Crippen LogP contribution in [0, 0.1) is 13.8 Å². The van der Waals surface area contributed by atoms with Gasteiger partial charge in [0.05, 0.1) is 0 Å². The Morgan fingerprint density at radius 3 is 2.50 bits per heavy atom. The minimum atomic E-state index is 0.506. The lowest BCUT2D eigenvalue weighted by atomic mass is 10.0. The molecule has 1 aromatic carbocycles. The number of aryl methyl sites for hydroxylation is 2. The summed E-state index contributed by atoms with van der Waals surface area (Å²) in [5, 5.41) is 0.744. The number of anilines is 1. The predicted octanol–water partition coefficient (Wildman–Crippen LogP) is 3.60. The van der Waals surface area contributed by atoms with Crippen LogP contribution < -0.4 is 5.73 Å². The predicted molar refractivity (Wildman–Crippen MR) is 68.6 cm³/mol. The normalized spacial score (nSPS) is 10.4. The lowest BCUT2D eigenvalue weighted by Gasteiger charge is -2.08. The molecule has 0 radical (unpaired) electrons. The smallest absolute Gasteiger partial charge is 0.123 e. The van der Waals surface area contributed by atoms with Gasteiger partial charge in [0.2, 0.25) is 0 Å². The molecule has 1 heterocycles. The van der Waals surface area contributed by atoms with Gasteiger partial charge >= 0.3 is 0 Å². The minimum absolute atomic E-state index is 0.506. The maximum Gasteiger partial charge on any atom is 0.123 e. The first-order chi connectivity index (χ1) is 7.58. The van der Waals surface area contributed by atoms with Gasteiger partial charge in [-0.15, -0.1) is 0 Å². The molecule has 1 aromatic heterocycles. The molecule has 2 nitrogen and oxygen atoms in total. The van der Waals surface area contributed by atoms with E-state index < -0.39 is 0 Å². The van der Waals surface area contributed by atoms with Gasteiger partial charge in [-0.2, -0.15) is 0 Å². The van der Waals surface area contributed by atoms with Crippen LogP contribution in [0.1, 0.15) is 11.1 Å². The number of aromatic nitrogens is 1. The average Bonchev–Trinajstić information content (AvgIpc) is 2.23. The van der Waals surface area contributed by atoms with E-state index in [2.05, 4.69) is 18.0 Å². The quantitative estimate of drug-likeness (QED) is 0.816. The molecule has 0 saturated heterocycles. The Morgan fingerprint density at radius 1 is 1.12 bits per heavy atom. The Balaban J connectivity index is 2.60. The van der Waals surface area contributed by atoms with Gasteiger partial charge in [-0.1, -0.05) is 11.6 Å². The standard InChI is InChI=1S/C13H13ClN2/c1-8-5-11(12(14)6-9(8)2)10-3-4-16-13(15)7-10/h3-7H,1-2H3,(H2,15,16). The van der Waals surface area contributed by atoms with Gasteiger partial charge in [0.15, 0.2) is 0 Å². The molecular formula is C13H13ClN2. The van der Waals surface area contributed by atoms with Crippen molar-refractivity contribution in [2.45, 2.75) is 13.8 Å². The van der Waals surface area contributed by atoms with Crippen LogP contribution in [0.4, 0.5) is 5.82 Å². The van der Waals surface area contributed by atoms with E-state index in [0.29, 0.717) is 5.82 Å². The van der Waals surface area contributed by atoms with Gasteiger partial charge in [-0.25, -0.2) is 4.98 Å². The highest BCUT2D eigenvalue weighted by Gasteiger charge is 2.06. The third kappa shape index (κ3) is 2.02. The summed E-state index contributed by atoms with van der Waals surface area (Å²) in [6, 6.07) is 7.79. The van der Waals surface area contributed by atoms with Gasteiger partial charge in [0.1, 0.15) is 5.82 Å². The molecule has 0 saturated carbocycles. The van der Waals surface area contributed by atoms with E-state index in [9.17, 15) is 0 Å². The van der Waals surface area contributed by atoms with E-state index in [0.717, 1.165) is 16.1 Å². The maximum atomic E-state index is 6.23. The van der Waals surface area contributed by atoms with Crippen molar-refractivity contribution in [3.8, 4) is 11.1 Å². The van der Waals surface area contributed by atoms with Gasteiger partial charge < -0.3 is 5.73 Å². The van der Waals surface area contributed by atoms with E-state index in [1.165, 1.54) is 11.1 Å². The van der Waals surface area contributed by atoms with Crippen LogP contribution in [0.3, 0.4) is 0 Å². The summed E-state index contributed by atoms with van der Waals surface area (Å²) in [5.41, 5.74) is 10.1. The molecule has 2 rings (SSSR count). The molecule has 2 aromatic rings. The lowest BCUT2D eigenvalue weighted by molar-refractivity contribution is 1.32. The largest absolute Gasteiger partial charge is 0.384 e. The zero-order valence-electron chi connectivity index (χ0n) is 9.29. The summed E-state index contributed by atoms with van der Waals surface area (Å²) >= 11 is 6.23. The second-order valence-electron chi connectivity index (χ2n) is 3.89. The number of nitrogens with zero attached hydrogens (tertiary/aromatic N) is 1. The molecule has 0 atom stereocenters. The Hall–Kier alpha value is -1.54. The summed E-state index contributed by atoms with van der Waals surface area (Å²) in [6.07, 6.45) is 1.69. The zero-order chi connectivity index (χ0) is 11.7. The highest BCUT2D eigenvalue weighted by Crippen LogP contribution is 2.30. The van der Waals surface area contributed by atoms with E-state index in [1.54, 1.807) is 6.20 Å². The Bertz CT molecular complexity index is 535. The first-order valence-corrected chi connectivity index (χ1v) is 5.44. The zero-order valence-corrected chi connectivity index (χ0v) is 10.0. The SMILES string of the molecule is Cc1cc(Cl)c(-c2ccnc(N)c2)cc1C. The number of hydrogen-bond donors (Lipinski definition) is 1. The molecule has 0 fully saturated rings. The van der Waals surface area contributed by atoms with Crippen molar-refractivity contribution in [1.29, 1.82) is 0 Å². The van der Waals surface area contributed by atoms with Gasteiger partial charge in [0, 0.05) is 16.8 Å². The third-order valence-corrected chi connectivity index (χ3v) is 2.99. The summed E-state index contributed by atoms with van der Waals surface area (Å²) < 4.78 is 0. The molecule has 3 heteroatoms. The second kappa shape index (κ2) is 4.14. The molecule has 82 valence electrons. The highest BCUT2D eigenvalue weighted by molar-refractivity contribution is 6.33. The van der Waals surface area contributed by atoms with E-state index in [1.807, 2.05) is 25.1 Å². The number of rotatable bonds is 1. The van der Waals surface area contributed by atoms with Crippen LogP contribution in [0.5, 0.6) is 0 Å². The number of pyridine rings is 1. The Kier molecular flexibility index (Phi) is 2.84. The van der Waals surface area contributed by atoms with Crippen molar-refractivity contribution in [3.05, 3.63) is 46.6 Å². The fourth-order valence-electron chi connectivity index (χ4n) is 1.62. The van der Waals surface area contributed by atoms with Crippen LogP contribution in [-0.4, -0.2) is 4.98 Å². The molecule has 0 bridgehead atoms. The third-order valence-electron chi connectivity index (χ3n) is 2.68. The number of benzene rings is 1. The summed E-state index contributed by atoms with van der Waals surface area (Å²) in [5.74, 6) is 0.506. The molecule has 0 aliphatic carbocycles. The van der Waals surface area contributed by atoms with Crippen molar-refractivity contribution in [1.82, 2.24) is 4.98 Å². The van der Waals surface area contributed by atoms with Crippen molar-refractivity contribution in [2.75, 3.05) is 5.73 Å². The minimum Gasteiger partial charge on any atom is -0.384 e. The van der Waals surface area contributed by atoms with E-state index in [-0.39, 0.29) is 0 Å². The molecule has 0 spiro atoms. The van der Waals surface area contributed by atoms with Gasteiger partial charge in [-0.3, -0.25) is 0 Å². The van der Waals surface area contributed by atoms with Crippen LogP contribution in [0.25, 0.3) is 11.1 Å². The fraction of sp³-hybridized carbons (Fsp3) is 0.154. The lowest BCUT2D eigenvalue weighted by Crippen LogP contribution is -1.91. The van der Waals surface area contributed by atoms with E-state index >= 15 is 0 Å². The van der Waals surface area contributed by atoms with E-state index in [4.69, 9.17) is 17.3 Å². The first-order valence-electron chi connectivity index (χ1n) is 5.06. The number of nitrogen functional groups attached to an aromatic ring is 1. The van der Waals surface area contributed by atoms with Crippen LogP contribution in [0.15, 0.2) is 30.5 Å². The van der Waals surface area contributed by atoms with Crippen molar-refractivity contribution >= 4 is 17.4 Å². The second-order valence-corrected chi connectivity index (χ2v) is 4.29. The van der Waals surface area contributed by atoms with Crippen LogP contribution >= 0.6 is 11.6 Å². The summed E-state index contributed by atoms with van der Waals surface area (Å²) in [6.45, 7) is 4.12. The molecule has 0 aliphatic rings. The first kappa shape index (κ1) is 11.0. The van der Waals surface area contributed by atoms with Crippen molar-refractivity contribution in [2.24, 2.45) is 0 Å². The number of nitrogens with two attached hydrogens (primary N) is 1. The Morgan fingerprint density at radius 2 is 1.81 bits per heavy atom. The van der Waals surface area contributed by atoms with Gasteiger partial charge in [0.25, 0.3) is 0 Å². The molecule has 0 amide bonds. The topological polar surface area (TPSA) is 38.9 Å². The molecule has 16 heavy (non-hydrogen) atoms. The monoisotopic (exact) mass is 232 g/mol. The summed E-state index contributed by atoms with van der Waals surface area (Å²) in [4.78, 5) is 3.97. The molecule has 0 aliphatic heterocycles.